The SMILES string of the molecule is CCc1cccc(C)c1NC(=O)/C=C/c1ccc(SC)cc1. The van der Waals surface area contributed by atoms with Crippen LogP contribution < -0.4 is 5.32 Å². The highest BCUT2D eigenvalue weighted by molar-refractivity contribution is 7.98. The molecule has 3 heteroatoms. The van der Waals surface area contributed by atoms with Crippen LogP contribution in [0.25, 0.3) is 6.08 Å². The maximum absolute atomic E-state index is 12.1. The van der Waals surface area contributed by atoms with Gasteiger partial charge < -0.3 is 5.32 Å². The Bertz CT molecular complexity index is 674. The summed E-state index contributed by atoms with van der Waals surface area (Å²) in [6.07, 6.45) is 6.37. The number of hydrogen-bond acceptors (Lipinski definition) is 2. The first-order valence-electron chi connectivity index (χ1n) is 7.35. The Morgan fingerprint density at radius 1 is 1.18 bits per heavy atom. The van der Waals surface area contributed by atoms with E-state index in [-0.39, 0.29) is 5.91 Å². The number of para-hydroxylation sites is 1. The lowest BCUT2D eigenvalue weighted by atomic mass is 10.1. The highest BCUT2D eigenvalue weighted by atomic mass is 32.2. The number of amides is 1. The molecule has 0 aliphatic carbocycles. The predicted octanol–water partition coefficient (Wildman–Crippen LogP) is 4.93. The topological polar surface area (TPSA) is 29.1 Å². The quantitative estimate of drug-likeness (QED) is 0.626. The van der Waals surface area contributed by atoms with Crippen LogP contribution >= 0.6 is 11.8 Å². The van der Waals surface area contributed by atoms with Crippen molar-refractivity contribution in [3.63, 3.8) is 0 Å². The number of aryl methyl sites for hydroxylation is 2. The first-order valence-corrected chi connectivity index (χ1v) is 8.58. The molecule has 2 aromatic rings. The lowest BCUT2D eigenvalue weighted by Gasteiger charge is -2.11. The number of anilines is 1. The Morgan fingerprint density at radius 2 is 1.91 bits per heavy atom. The zero-order chi connectivity index (χ0) is 15.9. The molecule has 0 radical (unpaired) electrons. The van der Waals surface area contributed by atoms with Crippen molar-refractivity contribution in [1.29, 1.82) is 0 Å². The van der Waals surface area contributed by atoms with E-state index >= 15 is 0 Å². The van der Waals surface area contributed by atoms with Gasteiger partial charge in [0.1, 0.15) is 0 Å². The van der Waals surface area contributed by atoms with Gasteiger partial charge in [0.2, 0.25) is 5.91 Å². The molecular weight excluding hydrogens is 290 g/mol. The first-order chi connectivity index (χ1) is 10.6. The van der Waals surface area contributed by atoms with Gasteiger partial charge in [-0.15, -0.1) is 11.8 Å². The van der Waals surface area contributed by atoms with Crippen LogP contribution in [0.15, 0.2) is 53.4 Å². The molecule has 0 fully saturated rings. The minimum absolute atomic E-state index is 0.0991. The van der Waals surface area contributed by atoms with E-state index in [1.165, 1.54) is 4.90 Å². The van der Waals surface area contributed by atoms with Crippen LogP contribution in [0.4, 0.5) is 5.69 Å². The smallest absolute Gasteiger partial charge is 0.248 e. The van der Waals surface area contributed by atoms with Gasteiger partial charge in [-0.25, -0.2) is 0 Å². The van der Waals surface area contributed by atoms with Gasteiger partial charge in [0.05, 0.1) is 0 Å². The summed E-state index contributed by atoms with van der Waals surface area (Å²) in [5.74, 6) is -0.0991. The van der Waals surface area contributed by atoms with Crippen molar-refractivity contribution in [3.8, 4) is 0 Å². The maximum Gasteiger partial charge on any atom is 0.248 e. The molecule has 2 nitrogen and oxygen atoms in total. The van der Waals surface area contributed by atoms with Gasteiger partial charge in [-0.05, 0) is 54.5 Å². The van der Waals surface area contributed by atoms with Crippen molar-refractivity contribution in [2.24, 2.45) is 0 Å². The van der Waals surface area contributed by atoms with E-state index in [1.807, 2.05) is 49.6 Å². The average Bonchev–Trinajstić information content (AvgIpc) is 2.55. The first kappa shape index (κ1) is 16.4. The van der Waals surface area contributed by atoms with E-state index in [0.29, 0.717) is 0 Å². The molecule has 0 aliphatic rings. The molecule has 22 heavy (non-hydrogen) atoms. The summed E-state index contributed by atoms with van der Waals surface area (Å²) < 4.78 is 0. The van der Waals surface area contributed by atoms with Crippen molar-refractivity contribution < 1.29 is 4.79 Å². The number of carbonyl (C=O) groups is 1. The Hall–Kier alpha value is -2.00. The molecule has 2 rings (SSSR count). The third-order valence-electron chi connectivity index (χ3n) is 3.53. The molecule has 0 heterocycles. The van der Waals surface area contributed by atoms with Crippen molar-refractivity contribution >= 4 is 29.4 Å². The Balaban J connectivity index is 2.08. The van der Waals surface area contributed by atoms with E-state index in [1.54, 1.807) is 17.8 Å². The fraction of sp³-hybridized carbons (Fsp3) is 0.211. The summed E-state index contributed by atoms with van der Waals surface area (Å²) in [7, 11) is 0. The molecule has 0 aromatic heterocycles. The fourth-order valence-electron chi connectivity index (χ4n) is 2.25. The van der Waals surface area contributed by atoms with Crippen LogP contribution in [-0.2, 0) is 11.2 Å². The van der Waals surface area contributed by atoms with Crippen LogP contribution in [0.3, 0.4) is 0 Å². The average molecular weight is 311 g/mol. The van der Waals surface area contributed by atoms with Crippen LogP contribution in [0, 0.1) is 6.92 Å². The van der Waals surface area contributed by atoms with E-state index in [4.69, 9.17) is 0 Å². The summed E-state index contributed by atoms with van der Waals surface area (Å²) in [6.45, 7) is 4.10. The summed E-state index contributed by atoms with van der Waals surface area (Å²) in [6, 6.07) is 14.2. The molecule has 0 aliphatic heterocycles. The zero-order valence-electron chi connectivity index (χ0n) is 13.2. The van der Waals surface area contributed by atoms with Gasteiger partial charge >= 0.3 is 0 Å². The number of nitrogens with one attached hydrogen (secondary N) is 1. The number of carbonyl (C=O) groups excluding carboxylic acids is 1. The largest absolute Gasteiger partial charge is 0.322 e. The van der Waals surface area contributed by atoms with Crippen molar-refractivity contribution in [3.05, 3.63) is 65.2 Å². The standard InChI is InChI=1S/C19H21NOS/c1-4-16-7-5-6-14(2)19(16)20-18(21)13-10-15-8-11-17(22-3)12-9-15/h5-13H,4H2,1-3H3,(H,20,21)/b13-10+. The van der Waals surface area contributed by atoms with Crippen LogP contribution in [0.2, 0.25) is 0 Å². The minimum atomic E-state index is -0.0991. The van der Waals surface area contributed by atoms with Gasteiger partial charge in [0, 0.05) is 16.7 Å². The monoisotopic (exact) mass is 311 g/mol. The molecule has 0 saturated carbocycles. The third-order valence-corrected chi connectivity index (χ3v) is 4.27. The normalized spacial score (nSPS) is 10.9. The zero-order valence-corrected chi connectivity index (χ0v) is 14.0. The maximum atomic E-state index is 12.1. The third kappa shape index (κ3) is 4.25. The van der Waals surface area contributed by atoms with Gasteiger partial charge in [-0.3, -0.25) is 4.79 Å². The summed E-state index contributed by atoms with van der Waals surface area (Å²) in [5.41, 5.74) is 4.20. The molecule has 0 spiro atoms. The molecule has 0 saturated heterocycles. The molecule has 1 N–H and O–H groups in total. The molecule has 0 unspecified atom stereocenters. The number of rotatable bonds is 5. The second-order valence-electron chi connectivity index (χ2n) is 5.06. The lowest BCUT2D eigenvalue weighted by Crippen LogP contribution is -2.11. The molecule has 1 amide bonds. The second kappa shape index (κ2) is 7.85. The molecular formula is C19H21NOS. The summed E-state index contributed by atoms with van der Waals surface area (Å²) >= 11 is 1.71. The lowest BCUT2D eigenvalue weighted by molar-refractivity contribution is -0.111. The molecule has 2 aromatic carbocycles. The number of thioether (sulfide) groups is 1. The predicted molar refractivity (Wildman–Crippen MR) is 96.4 cm³/mol. The van der Waals surface area contributed by atoms with Gasteiger partial charge in [-0.2, -0.15) is 0 Å². The molecule has 0 atom stereocenters. The highest BCUT2D eigenvalue weighted by Gasteiger charge is 2.06. The van der Waals surface area contributed by atoms with E-state index in [2.05, 4.69) is 24.4 Å². The molecule has 0 bridgehead atoms. The van der Waals surface area contributed by atoms with E-state index in [0.717, 1.165) is 28.8 Å². The van der Waals surface area contributed by atoms with Crippen LogP contribution in [-0.4, -0.2) is 12.2 Å². The Morgan fingerprint density at radius 3 is 2.55 bits per heavy atom. The highest BCUT2D eigenvalue weighted by Crippen LogP contribution is 2.21. The van der Waals surface area contributed by atoms with E-state index < -0.39 is 0 Å². The van der Waals surface area contributed by atoms with Crippen molar-refractivity contribution in [2.75, 3.05) is 11.6 Å². The fourth-order valence-corrected chi connectivity index (χ4v) is 2.66. The van der Waals surface area contributed by atoms with Crippen LogP contribution in [0.1, 0.15) is 23.6 Å². The number of benzene rings is 2. The van der Waals surface area contributed by atoms with E-state index in [9.17, 15) is 4.79 Å². The minimum Gasteiger partial charge on any atom is -0.322 e. The van der Waals surface area contributed by atoms with Gasteiger partial charge in [-0.1, -0.05) is 37.3 Å². The summed E-state index contributed by atoms with van der Waals surface area (Å²) in [4.78, 5) is 13.3. The Labute approximate surface area is 136 Å². The van der Waals surface area contributed by atoms with Gasteiger partial charge in [0.25, 0.3) is 0 Å². The van der Waals surface area contributed by atoms with Crippen LogP contribution in [0.5, 0.6) is 0 Å². The number of hydrogen-bond donors (Lipinski definition) is 1. The van der Waals surface area contributed by atoms with Crippen molar-refractivity contribution in [1.82, 2.24) is 0 Å². The molecule has 114 valence electrons. The Kier molecular flexibility index (Phi) is 5.84. The summed E-state index contributed by atoms with van der Waals surface area (Å²) in [5, 5.41) is 2.99. The van der Waals surface area contributed by atoms with Crippen molar-refractivity contribution in [2.45, 2.75) is 25.2 Å². The second-order valence-corrected chi connectivity index (χ2v) is 5.94. The van der Waals surface area contributed by atoms with Gasteiger partial charge in [0.15, 0.2) is 0 Å².